The van der Waals surface area contributed by atoms with Crippen molar-refractivity contribution in [1.29, 1.82) is 0 Å². The van der Waals surface area contributed by atoms with Crippen LogP contribution < -0.4 is 16.1 Å². The third-order valence-corrected chi connectivity index (χ3v) is 4.38. The summed E-state index contributed by atoms with van der Waals surface area (Å²) in [6.07, 6.45) is -0.417. The zero-order valence-electron chi connectivity index (χ0n) is 14.3. The largest absolute Gasteiger partial charge is 0.370 e. The van der Waals surface area contributed by atoms with Crippen LogP contribution in [0.25, 0.3) is 0 Å². The van der Waals surface area contributed by atoms with Crippen LogP contribution in [0.2, 0.25) is 0 Å². The first-order chi connectivity index (χ1) is 13.3. The highest BCUT2D eigenvalue weighted by molar-refractivity contribution is 7.80. The van der Waals surface area contributed by atoms with E-state index in [1.807, 2.05) is 0 Å². The molecule has 2 aromatic rings. The minimum absolute atomic E-state index is 0.00620. The first kappa shape index (κ1) is 19.4. The van der Waals surface area contributed by atoms with Crippen LogP contribution in [0.15, 0.2) is 48.5 Å². The predicted molar refractivity (Wildman–Crippen MR) is 99.8 cm³/mol. The van der Waals surface area contributed by atoms with Crippen molar-refractivity contribution in [1.82, 2.24) is 10.4 Å². The van der Waals surface area contributed by atoms with Gasteiger partial charge in [-0.25, -0.2) is 13.8 Å². The maximum Gasteiger partial charge on any atom is 0.269 e. The van der Waals surface area contributed by atoms with Crippen LogP contribution in [0, 0.1) is 11.6 Å². The Balaban J connectivity index is 1.91. The van der Waals surface area contributed by atoms with E-state index in [2.05, 4.69) is 5.43 Å². The fraction of sp³-hybridized carbons (Fsp3) is 0.111. The molecule has 10 heteroatoms. The average molecular weight is 404 g/mol. The third kappa shape index (κ3) is 3.81. The number of rotatable bonds is 5. The molecule has 2 aromatic carbocycles. The van der Waals surface area contributed by atoms with Gasteiger partial charge in [-0.3, -0.25) is 24.7 Å². The van der Waals surface area contributed by atoms with Gasteiger partial charge in [0.05, 0.1) is 12.1 Å². The van der Waals surface area contributed by atoms with E-state index in [1.54, 1.807) is 0 Å². The van der Waals surface area contributed by atoms with Crippen molar-refractivity contribution < 1.29 is 23.2 Å². The zero-order valence-corrected chi connectivity index (χ0v) is 15.1. The van der Waals surface area contributed by atoms with Crippen molar-refractivity contribution in [3.05, 3.63) is 65.7 Å². The molecule has 0 saturated carbocycles. The molecule has 1 fully saturated rings. The molecule has 28 heavy (non-hydrogen) atoms. The monoisotopic (exact) mass is 404 g/mol. The van der Waals surface area contributed by atoms with E-state index in [9.17, 15) is 23.2 Å². The van der Waals surface area contributed by atoms with E-state index in [0.717, 1.165) is 28.1 Å². The van der Waals surface area contributed by atoms with Crippen LogP contribution >= 0.6 is 12.2 Å². The molecule has 0 radical (unpaired) electrons. The van der Waals surface area contributed by atoms with Gasteiger partial charge in [-0.2, -0.15) is 0 Å². The molecular formula is C18H14F2N4O3S. The van der Waals surface area contributed by atoms with E-state index < -0.39 is 41.8 Å². The van der Waals surface area contributed by atoms with Crippen molar-refractivity contribution in [2.45, 2.75) is 12.5 Å². The normalized spacial score (nSPS) is 16.4. The highest BCUT2D eigenvalue weighted by atomic mass is 32.1. The summed E-state index contributed by atoms with van der Waals surface area (Å²) in [5.74, 6) is -3.26. The molecule has 3 amide bonds. The molecule has 3 N–H and O–H groups in total. The van der Waals surface area contributed by atoms with Gasteiger partial charge in [0.25, 0.3) is 11.8 Å². The summed E-state index contributed by atoms with van der Waals surface area (Å²) in [5, 5.41) is 0.895. The lowest BCUT2D eigenvalue weighted by atomic mass is 10.2. The Morgan fingerprint density at radius 2 is 1.79 bits per heavy atom. The molecule has 1 heterocycles. The number of amides is 3. The first-order valence-corrected chi connectivity index (χ1v) is 8.46. The highest BCUT2D eigenvalue weighted by Gasteiger charge is 2.45. The number of nitrogens with zero attached hydrogens (tertiary/aromatic N) is 2. The third-order valence-electron chi connectivity index (χ3n) is 4.00. The molecule has 7 nitrogen and oxygen atoms in total. The summed E-state index contributed by atoms with van der Waals surface area (Å²) in [6.45, 7) is 0. The zero-order chi connectivity index (χ0) is 20.4. The Morgan fingerprint density at radius 3 is 2.39 bits per heavy atom. The molecule has 1 aliphatic rings. The van der Waals surface area contributed by atoms with Gasteiger partial charge >= 0.3 is 0 Å². The number of hydrogen-bond acceptors (Lipinski definition) is 4. The maximum absolute atomic E-state index is 13.4. The van der Waals surface area contributed by atoms with Crippen LogP contribution in [0.4, 0.5) is 14.5 Å². The number of primary amides is 1. The maximum atomic E-state index is 13.4. The Morgan fingerprint density at radius 1 is 1.11 bits per heavy atom. The number of thiocarbonyl (C=S) groups is 1. The van der Waals surface area contributed by atoms with E-state index in [1.165, 1.54) is 30.3 Å². The molecular weight excluding hydrogens is 390 g/mol. The lowest BCUT2D eigenvalue weighted by Crippen LogP contribution is -2.49. The molecule has 144 valence electrons. The van der Waals surface area contributed by atoms with E-state index in [0.29, 0.717) is 0 Å². The second kappa shape index (κ2) is 7.69. The quantitative estimate of drug-likeness (QED) is 0.737. The van der Waals surface area contributed by atoms with Crippen molar-refractivity contribution in [3.8, 4) is 0 Å². The number of hydrogen-bond donors (Lipinski definition) is 2. The predicted octanol–water partition coefficient (Wildman–Crippen LogP) is 1.49. The summed E-state index contributed by atoms with van der Waals surface area (Å²) in [6, 6.07) is 8.67. The van der Waals surface area contributed by atoms with Crippen LogP contribution in [-0.2, 0) is 9.59 Å². The Hall–Kier alpha value is -3.40. The van der Waals surface area contributed by atoms with Crippen molar-refractivity contribution in [3.63, 3.8) is 0 Å². The molecule has 1 atom stereocenters. The molecule has 0 aliphatic carbocycles. The molecule has 0 spiro atoms. The lowest BCUT2D eigenvalue weighted by Gasteiger charge is -2.24. The topological polar surface area (TPSA) is 95.7 Å². The number of anilines is 1. The lowest BCUT2D eigenvalue weighted by molar-refractivity contribution is -0.125. The molecule has 0 aromatic heterocycles. The number of carbonyl (C=O) groups excluding carboxylic acids is 3. The summed E-state index contributed by atoms with van der Waals surface area (Å²) in [5.41, 5.74) is 7.88. The van der Waals surface area contributed by atoms with Gasteiger partial charge in [-0.1, -0.05) is 6.07 Å². The van der Waals surface area contributed by atoms with Crippen molar-refractivity contribution in [2.24, 2.45) is 5.73 Å². The molecule has 3 rings (SSSR count). The Bertz CT molecular complexity index is 968. The van der Waals surface area contributed by atoms with Gasteiger partial charge in [-0.05, 0) is 54.7 Å². The van der Waals surface area contributed by atoms with Gasteiger partial charge in [0.2, 0.25) is 11.0 Å². The SMILES string of the molecule is NC(=O)CC1C(=O)N(c2ccc(F)cc2)C(=S)N1NC(=O)c1cccc(F)c1. The number of benzene rings is 2. The fourth-order valence-corrected chi connectivity index (χ4v) is 3.09. The molecule has 0 bridgehead atoms. The van der Waals surface area contributed by atoms with Crippen LogP contribution in [0.5, 0.6) is 0 Å². The number of hydrazine groups is 1. The first-order valence-electron chi connectivity index (χ1n) is 8.05. The Kier molecular flexibility index (Phi) is 5.32. The summed E-state index contributed by atoms with van der Waals surface area (Å²) in [4.78, 5) is 37.7. The van der Waals surface area contributed by atoms with Crippen molar-refractivity contribution >= 4 is 40.7 Å². The molecule has 1 saturated heterocycles. The fourth-order valence-electron chi connectivity index (χ4n) is 2.72. The smallest absolute Gasteiger partial charge is 0.269 e. The molecule has 1 unspecified atom stereocenters. The van der Waals surface area contributed by atoms with Gasteiger partial charge < -0.3 is 5.73 Å². The molecule has 1 aliphatic heterocycles. The minimum Gasteiger partial charge on any atom is -0.370 e. The standard InChI is InChI=1S/C18H14F2N4O3S/c19-11-4-6-13(7-5-11)23-17(27)14(9-15(21)25)24(18(23)28)22-16(26)10-2-1-3-12(20)8-10/h1-8,14H,9H2,(H2,21,25)(H,22,26). The second-order valence-corrected chi connectivity index (χ2v) is 6.31. The van der Waals surface area contributed by atoms with Gasteiger partial charge in [-0.15, -0.1) is 0 Å². The Labute approximate surface area is 163 Å². The van der Waals surface area contributed by atoms with E-state index in [4.69, 9.17) is 18.0 Å². The van der Waals surface area contributed by atoms with Gasteiger partial charge in [0, 0.05) is 5.56 Å². The van der Waals surface area contributed by atoms with E-state index in [-0.39, 0.29) is 16.4 Å². The van der Waals surface area contributed by atoms with Crippen LogP contribution in [0.3, 0.4) is 0 Å². The number of nitrogens with one attached hydrogen (secondary N) is 1. The number of nitrogens with two attached hydrogens (primary N) is 1. The average Bonchev–Trinajstić information content (AvgIpc) is 2.86. The van der Waals surface area contributed by atoms with E-state index >= 15 is 0 Å². The summed E-state index contributed by atoms with van der Waals surface area (Å²) >= 11 is 5.27. The number of halogens is 2. The van der Waals surface area contributed by atoms with Gasteiger partial charge in [0.1, 0.15) is 17.7 Å². The summed E-state index contributed by atoms with van der Waals surface area (Å²) < 4.78 is 26.6. The number of carbonyl (C=O) groups is 3. The summed E-state index contributed by atoms with van der Waals surface area (Å²) in [7, 11) is 0. The van der Waals surface area contributed by atoms with Crippen LogP contribution in [0.1, 0.15) is 16.8 Å². The van der Waals surface area contributed by atoms with Crippen molar-refractivity contribution in [2.75, 3.05) is 4.90 Å². The van der Waals surface area contributed by atoms with Gasteiger partial charge in [0.15, 0.2) is 0 Å². The highest BCUT2D eigenvalue weighted by Crippen LogP contribution is 2.26. The second-order valence-electron chi connectivity index (χ2n) is 5.94. The minimum atomic E-state index is -1.19. The van der Waals surface area contributed by atoms with Crippen LogP contribution in [-0.4, -0.2) is 33.9 Å².